The van der Waals surface area contributed by atoms with E-state index in [-0.39, 0.29) is 5.91 Å². The number of rotatable bonds is 9. The van der Waals surface area contributed by atoms with Crippen molar-refractivity contribution >= 4 is 11.6 Å². The Morgan fingerprint density at radius 2 is 2.12 bits per heavy atom. The fraction of sp³-hybridized carbons (Fsp3) is 0.450. The van der Waals surface area contributed by atoms with Gasteiger partial charge in [0.05, 0.1) is 12.2 Å². The largest absolute Gasteiger partial charge is 0.487 e. The predicted octanol–water partition coefficient (Wildman–Crippen LogP) is 4.06. The zero-order valence-corrected chi connectivity index (χ0v) is 14.6. The zero-order chi connectivity index (χ0) is 17.2. The highest BCUT2D eigenvalue weighted by Gasteiger charge is 2.08. The molecule has 1 aromatic rings. The summed E-state index contributed by atoms with van der Waals surface area (Å²) >= 11 is 0. The Balaban J connectivity index is 1.73. The molecule has 0 unspecified atom stereocenters. The molecular weight excluding hydrogens is 300 g/mol. The number of carbonyl (C=O) groups excluding carboxylic acids is 1. The summed E-state index contributed by atoms with van der Waals surface area (Å²) in [7, 11) is 0. The van der Waals surface area contributed by atoms with Crippen LogP contribution in [0.25, 0.3) is 0 Å². The molecule has 1 aromatic carbocycles. The van der Waals surface area contributed by atoms with Crippen LogP contribution in [0.15, 0.2) is 48.1 Å². The highest BCUT2D eigenvalue weighted by Crippen LogP contribution is 2.24. The summed E-state index contributed by atoms with van der Waals surface area (Å²) < 4.78 is 5.66. The van der Waals surface area contributed by atoms with Gasteiger partial charge in [-0.1, -0.05) is 30.4 Å². The first-order valence-corrected chi connectivity index (χ1v) is 8.70. The third-order valence-electron chi connectivity index (χ3n) is 3.93. The third-order valence-corrected chi connectivity index (χ3v) is 3.93. The Kier molecular flexibility index (Phi) is 7.56. The van der Waals surface area contributed by atoms with E-state index in [1.54, 1.807) is 0 Å². The molecule has 24 heavy (non-hydrogen) atoms. The van der Waals surface area contributed by atoms with Gasteiger partial charge in [-0.25, -0.2) is 0 Å². The molecule has 4 nitrogen and oxygen atoms in total. The van der Waals surface area contributed by atoms with Crippen LogP contribution in [-0.4, -0.2) is 25.6 Å². The molecule has 2 N–H and O–H groups in total. The second-order valence-corrected chi connectivity index (χ2v) is 6.33. The number of hydrogen-bond donors (Lipinski definition) is 2. The van der Waals surface area contributed by atoms with E-state index in [0.717, 1.165) is 18.5 Å². The van der Waals surface area contributed by atoms with Gasteiger partial charge in [0.15, 0.2) is 0 Å². The number of benzene rings is 1. The lowest BCUT2D eigenvalue weighted by Gasteiger charge is -2.14. The van der Waals surface area contributed by atoms with Gasteiger partial charge in [0.2, 0.25) is 5.91 Å². The van der Waals surface area contributed by atoms with Gasteiger partial charge in [-0.05, 0) is 63.3 Å². The fourth-order valence-corrected chi connectivity index (χ4v) is 2.67. The van der Waals surface area contributed by atoms with E-state index in [1.807, 2.05) is 31.2 Å². The minimum atomic E-state index is -0.0565. The van der Waals surface area contributed by atoms with E-state index in [1.165, 1.54) is 31.3 Å². The molecular formula is C20H28N2O2. The Bertz CT molecular complexity index is 593. The fourth-order valence-electron chi connectivity index (χ4n) is 2.67. The van der Waals surface area contributed by atoms with Crippen LogP contribution in [0.1, 0.15) is 39.0 Å². The molecule has 0 heterocycles. The summed E-state index contributed by atoms with van der Waals surface area (Å²) in [6.45, 7) is 7.32. The normalized spacial score (nSPS) is 14.0. The molecule has 0 fully saturated rings. The van der Waals surface area contributed by atoms with Gasteiger partial charge in [-0.15, -0.1) is 0 Å². The minimum absolute atomic E-state index is 0.0565. The highest BCUT2D eigenvalue weighted by atomic mass is 16.5. The second-order valence-electron chi connectivity index (χ2n) is 6.33. The van der Waals surface area contributed by atoms with Gasteiger partial charge in [-0.3, -0.25) is 4.79 Å². The van der Waals surface area contributed by atoms with Crippen molar-refractivity contribution in [1.29, 1.82) is 0 Å². The van der Waals surface area contributed by atoms with Crippen molar-refractivity contribution in [2.45, 2.75) is 39.0 Å². The average molecular weight is 328 g/mol. The van der Waals surface area contributed by atoms with Crippen molar-refractivity contribution < 1.29 is 9.53 Å². The molecule has 0 spiro atoms. The first kappa shape index (κ1) is 18.3. The van der Waals surface area contributed by atoms with Crippen molar-refractivity contribution in [3.63, 3.8) is 0 Å². The number of ether oxygens (including phenoxy) is 1. The van der Waals surface area contributed by atoms with Crippen LogP contribution in [0.4, 0.5) is 5.69 Å². The molecule has 0 aromatic heterocycles. The maximum Gasteiger partial charge on any atom is 0.238 e. The van der Waals surface area contributed by atoms with Crippen LogP contribution >= 0.6 is 0 Å². The van der Waals surface area contributed by atoms with Crippen molar-refractivity contribution in [1.82, 2.24) is 5.32 Å². The molecule has 130 valence electrons. The smallest absolute Gasteiger partial charge is 0.238 e. The molecule has 1 aliphatic rings. The molecule has 4 heteroatoms. The Labute approximate surface area is 145 Å². The Hall–Kier alpha value is -2.07. The van der Waals surface area contributed by atoms with Gasteiger partial charge >= 0.3 is 0 Å². The molecule has 0 aliphatic heterocycles. The number of para-hydroxylation sites is 2. The van der Waals surface area contributed by atoms with Gasteiger partial charge < -0.3 is 15.4 Å². The Morgan fingerprint density at radius 1 is 1.29 bits per heavy atom. The van der Waals surface area contributed by atoms with Gasteiger partial charge in [0.1, 0.15) is 12.4 Å². The van der Waals surface area contributed by atoms with Gasteiger partial charge in [0.25, 0.3) is 0 Å². The summed E-state index contributed by atoms with van der Waals surface area (Å²) in [6.07, 6.45) is 8.41. The zero-order valence-electron chi connectivity index (χ0n) is 14.6. The van der Waals surface area contributed by atoms with Crippen molar-refractivity contribution in [3.05, 3.63) is 48.1 Å². The highest BCUT2D eigenvalue weighted by molar-refractivity contribution is 5.93. The summed E-state index contributed by atoms with van der Waals surface area (Å²) in [6, 6.07) is 7.46. The number of anilines is 1. The van der Waals surface area contributed by atoms with Crippen molar-refractivity contribution in [3.8, 4) is 5.75 Å². The van der Waals surface area contributed by atoms with E-state index in [0.29, 0.717) is 24.6 Å². The standard InChI is InChI=1S/C20H28N2O2/c1-16(2)15-24-19-11-7-6-10-18(19)22-20(23)14-21-13-12-17-8-4-3-5-9-17/h6-8,10-11,21H,1,3-5,9,12-15H2,2H3,(H,22,23). The molecule has 0 bridgehead atoms. The molecule has 2 rings (SSSR count). The first-order valence-electron chi connectivity index (χ1n) is 8.70. The SMILES string of the molecule is C=C(C)COc1ccccc1NC(=O)CNCCC1=CCCCC1. The van der Waals surface area contributed by atoms with E-state index in [4.69, 9.17) is 4.74 Å². The second kappa shape index (κ2) is 9.93. The molecule has 0 saturated carbocycles. The maximum absolute atomic E-state index is 12.1. The Morgan fingerprint density at radius 3 is 2.88 bits per heavy atom. The van der Waals surface area contributed by atoms with Crippen LogP contribution in [0.3, 0.4) is 0 Å². The van der Waals surface area contributed by atoms with Crippen LogP contribution < -0.4 is 15.4 Å². The predicted molar refractivity (Wildman–Crippen MR) is 99.4 cm³/mol. The average Bonchev–Trinajstić information content (AvgIpc) is 2.59. The molecule has 0 radical (unpaired) electrons. The van der Waals surface area contributed by atoms with E-state index in [2.05, 4.69) is 23.3 Å². The van der Waals surface area contributed by atoms with Gasteiger partial charge in [0, 0.05) is 0 Å². The summed E-state index contributed by atoms with van der Waals surface area (Å²) in [4.78, 5) is 12.1. The number of amides is 1. The monoisotopic (exact) mass is 328 g/mol. The van der Waals surface area contributed by atoms with Gasteiger partial charge in [-0.2, -0.15) is 0 Å². The minimum Gasteiger partial charge on any atom is -0.487 e. The topological polar surface area (TPSA) is 50.4 Å². The lowest BCUT2D eigenvalue weighted by atomic mass is 9.97. The third kappa shape index (κ3) is 6.59. The van der Waals surface area contributed by atoms with Crippen LogP contribution in [0.5, 0.6) is 5.75 Å². The number of allylic oxidation sites excluding steroid dienone is 1. The summed E-state index contributed by atoms with van der Waals surface area (Å²) in [5.41, 5.74) is 3.16. The van der Waals surface area contributed by atoms with Crippen LogP contribution in [-0.2, 0) is 4.79 Å². The molecule has 1 amide bonds. The van der Waals surface area contributed by atoms with E-state index >= 15 is 0 Å². The summed E-state index contributed by atoms with van der Waals surface area (Å²) in [5.74, 6) is 0.611. The van der Waals surface area contributed by atoms with Crippen molar-refractivity contribution in [2.75, 3.05) is 25.0 Å². The lowest BCUT2D eigenvalue weighted by molar-refractivity contribution is -0.115. The quantitative estimate of drug-likeness (QED) is 0.531. The molecule has 0 saturated heterocycles. The molecule has 0 atom stereocenters. The first-order chi connectivity index (χ1) is 11.6. The summed E-state index contributed by atoms with van der Waals surface area (Å²) in [5, 5.41) is 6.12. The maximum atomic E-state index is 12.1. The number of carbonyl (C=O) groups is 1. The van der Waals surface area contributed by atoms with Crippen molar-refractivity contribution in [2.24, 2.45) is 0 Å². The van der Waals surface area contributed by atoms with E-state index in [9.17, 15) is 4.79 Å². The van der Waals surface area contributed by atoms with E-state index < -0.39 is 0 Å². The number of hydrogen-bond acceptors (Lipinski definition) is 3. The van der Waals surface area contributed by atoms with Crippen LogP contribution in [0, 0.1) is 0 Å². The number of nitrogens with one attached hydrogen (secondary N) is 2. The molecule has 1 aliphatic carbocycles. The lowest BCUT2D eigenvalue weighted by Crippen LogP contribution is -2.29. The van der Waals surface area contributed by atoms with Crippen LogP contribution in [0.2, 0.25) is 0 Å².